The van der Waals surface area contributed by atoms with Gasteiger partial charge in [-0.2, -0.15) is 0 Å². The smallest absolute Gasteiger partial charge is 0.306 e. The number of hydrogen-bond donors (Lipinski definition) is 1. The second kappa shape index (κ2) is 3.65. The number of carboxylic acids is 1. The molecule has 1 aromatic rings. The molecule has 0 radical (unpaired) electrons. The van der Waals surface area contributed by atoms with Crippen LogP contribution in [0.25, 0.3) is 0 Å². The topological polar surface area (TPSA) is 37.3 Å². The van der Waals surface area contributed by atoms with Crippen LogP contribution in [0.2, 0.25) is 0 Å². The summed E-state index contributed by atoms with van der Waals surface area (Å²) in [5.74, 6) is -0.856. The highest BCUT2D eigenvalue weighted by atomic mass is 19.1. The van der Waals surface area contributed by atoms with E-state index in [0.717, 1.165) is 18.4 Å². The highest BCUT2D eigenvalue weighted by molar-refractivity contribution is 5.73. The summed E-state index contributed by atoms with van der Waals surface area (Å²) in [6, 6.07) is 4.98. The quantitative estimate of drug-likeness (QED) is 0.828. The molecule has 3 heteroatoms. The Morgan fingerprint density at radius 1 is 1.60 bits per heavy atom. The Bertz CT molecular complexity index is 401. The van der Waals surface area contributed by atoms with E-state index in [0.29, 0.717) is 5.56 Å². The number of aliphatic carboxylic acids is 1. The summed E-state index contributed by atoms with van der Waals surface area (Å²) >= 11 is 0. The van der Waals surface area contributed by atoms with Crippen molar-refractivity contribution in [2.75, 3.05) is 0 Å². The van der Waals surface area contributed by atoms with E-state index in [1.165, 1.54) is 6.07 Å². The number of carbonyl (C=O) groups is 1. The van der Waals surface area contributed by atoms with Crippen molar-refractivity contribution in [2.24, 2.45) is 11.8 Å². The van der Waals surface area contributed by atoms with E-state index in [1.54, 1.807) is 19.1 Å². The Labute approximate surface area is 87.7 Å². The molecule has 1 aromatic carbocycles. The molecule has 1 aliphatic carbocycles. The predicted octanol–water partition coefficient (Wildman–Crippen LogP) is 2.40. The van der Waals surface area contributed by atoms with E-state index in [9.17, 15) is 9.18 Å². The maximum absolute atomic E-state index is 13.0. The second-order valence-electron chi connectivity index (χ2n) is 4.23. The van der Waals surface area contributed by atoms with Crippen LogP contribution in [0.3, 0.4) is 0 Å². The molecule has 1 saturated carbocycles. The molecule has 0 aromatic heterocycles. The van der Waals surface area contributed by atoms with Crippen molar-refractivity contribution < 1.29 is 14.3 Å². The zero-order valence-corrected chi connectivity index (χ0v) is 8.53. The van der Waals surface area contributed by atoms with E-state index in [4.69, 9.17) is 5.11 Å². The summed E-state index contributed by atoms with van der Waals surface area (Å²) in [6.45, 7) is 1.72. The van der Waals surface area contributed by atoms with Gasteiger partial charge in [0.15, 0.2) is 0 Å². The first-order chi connectivity index (χ1) is 7.08. The van der Waals surface area contributed by atoms with E-state index in [1.807, 2.05) is 0 Å². The van der Waals surface area contributed by atoms with Crippen molar-refractivity contribution in [1.82, 2.24) is 0 Å². The first kappa shape index (κ1) is 10.1. The summed E-state index contributed by atoms with van der Waals surface area (Å²) in [7, 11) is 0. The third kappa shape index (κ3) is 2.17. The van der Waals surface area contributed by atoms with Crippen LogP contribution in [0.15, 0.2) is 18.2 Å². The molecular weight excluding hydrogens is 195 g/mol. The van der Waals surface area contributed by atoms with Gasteiger partial charge in [-0.3, -0.25) is 4.79 Å². The normalized spacial score (nSPS) is 23.9. The molecule has 2 nitrogen and oxygen atoms in total. The second-order valence-corrected chi connectivity index (χ2v) is 4.23. The Balaban J connectivity index is 2.01. The molecule has 1 fully saturated rings. The van der Waals surface area contributed by atoms with Crippen molar-refractivity contribution in [3.05, 3.63) is 35.1 Å². The maximum atomic E-state index is 13.0. The van der Waals surface area contributed by atoms with E-state index >= 15 is 0 Å². The number of hydrogen-bond acceptors (Lipinski definition) is 1. The Hall–Kier alpha value is -1.38. The summed E-state index contributed by atoms with van der Waals surface area (Å²) in [4.78, 5) is 10.6. The van der Waals surface area contributed by atoms with Crippen LogP contribution in [-0.2, 0) is 11.2 Å². The van der Waals surface area contributed by atoms with Crippen LogP contribution < -0.4 is 0 Å². The minimum absolute atomic E-state index is 0.185. The highest BCUT2D eigenvalue weighted by Gasteiger charge is 2.42. The molecular formula is C12H13FO2. The van der Waals surface area contributed by atoms with Crippen molar-refractivity contribution in [2.45, 2.75) is 19.8 Å². The van der Waals surface area contributed by atoms with Crippen LogP contribution in [-0.4, -0.2) is 11.1 Å². The Kier molecular flexibility index (Phi) is 2.47. The van der Waals surface area contributed by atoms with Gasteiger partial charge in [0.2, 0.25) is 0 Å². The number of carboxylic acid groups (broad SMARTS) is 1. The van der Waals surface area contributed by atoms with Crippen molar-refractivity contribution in [3.8, 4) is 0 Å². The third-order valence-electron chi connectivity index (χ3n) is 2.96. The van der Waals surface area contributed by atoms with Gasteiger partial charge in [-0.1, -0.05) is 12.1 Å². The van der Waals surface area contributed by atoms with Gasteiger partial charge < -0.3 is 5.11 Å². The number of halogens is 1. The maximum Gasteiger partial charge on any atom is 0.306 e. The standard InChI is InChI=1S/C12H13FO2/c1-7-4-8(2-3-11(7)13)5-9-6-10(9)12(14)15/h2-4,9-10H,5-6H2,1H3,(H,14,15). The molecule has 0 amide bonds. The summed E-state index contributed by atoms with van der Waals surface area (Å²) in [6.07, 6.45) is 1.50. The van der Waals surface area contributed by atoms with Gasteiger partial charge in [-0.15, -0.1) is 0 Å². The minimum Gasteiger partial charge on any atom is -0.481 e. The molecule has 0 heterocycles. The number of aryl methyl sites for hydroxylation is 1. The van der Waals surface area contributed by atoms with Crippen LogP contribution in [0.5, 0.6) is 0 Å². The lowest BCUT2D eigenvalue weighted by Gasteiger charge is -2.02. The Morgan fingerprint density at radius 2 is 2.33 bits per heavy atom. The third-order valence-corrected chi connectivity index (χ3v) is 2.96. The SMILES string of the molecule is Cc1cc(CC2CC2C(=O)O)ccc1F. The molecule has 0 saturated heterocycles. The molecule has 0 bridgehead atoms. The van der Waals surface area contributed by atoms with E-state index in [-0.39, 0.29) is 17.7 Å². The van der Waals surface area contributed by atoms with Crippen LogP contribution >= 0.6 is 0 Å². The molecule has 15 heavy (non-hydrogen) atoms. The molecule has 1 aliphatic rings. The van der Waals surface area contributed by atoms with Crippen molar-refractivity contribution >= 4 is 5.97 Å². The molecule has 1 N–H and O–H groups in total. The van der Waals surface area contributed by atoms with Crippen LogP contribution in [0, 0.1) is 24.6 Å². The molecule has 2 atom stereocenters. The van der Waals surface area contributed by atoms with Crippen molar-refractivity contribution in [1.29, 1.82) is 0 Å². The first-order valence-electron chi connectivity index (χ1n) is 5.06. The molecule has 0 aliphatic heterocycles. The van der Waals surface area contributed by atoms with Crippen molar-refractivity contribution in [3.63, 3.8) is 0 Å². The molecule has 2 rings (SSSR count). The first-order valence-corrected chi connectivity index (χ1v) is 5.06. The lowest BCUT2D eigenvalue weighted by Crippen LogP contribution is -2.01. The molecule has 0 spiro atoms. The molecule has 80 valence electrons. The highest BCUT2D eigenvalue weighted by Crippen LogP contribution is 2.41. The lowest BCUT2D eigenvalue weighted by atomic mass is 10.0. The zero-order valence-electron chi connectivity index (χ0n) is 8.53. The number of rotatable bonds is 3. The largest absolute Gasteiger partial charge is 0.481 e. The Morgan fingerprint density at radius 3 is 2.87 bits per heavy atom. The fraction of sp³-hybridized carbons (Fsp3) is 0.417. The van der Waals surface area contributed by atoms with Gasteiger partial charge in [0.1, 0.15) is 5.82 Å². The number of benzene rings is 1. The summed E-state index contributed by atoms with van der Waals surface area (Å²) in [5.41, 5.74) is 1.66. The average molecular weight is 208 g/mol. The van der Waals surface area contributed by atoms with Gasteiger partial charge >= 0.3 is 5.97 Å². The van der Waals surface area contributed by atoms with Gasteiger partial charge in [0, 0.05) is 0 Å². The van der Waals surface area contributed by atoms with E-state index in [2.05, 4.69) is 0 Å². The van der Waals surface area contributed by atoms with Gasteiger partial charge in [-0.05, 0) is 42.9 Å². The van der Waals surface area contributed by atoms with Crippen LogP contribution in [0.4, 0.5) is 4.39 Å². The monoisotopic (exact) mass is 208 g/mol. The zero-order chi connectivity index (χ0) is 11.0. The summed E-state index contributed by atoms with van der Waals surface area (Å²) in [5, 5.41) is 8.74. The van der Waals surface area contributed by atoms with Gasteiger partial charge in [0.25, 0.3) is 0 Å². The average Bonchev–Trinajstić information content (AvgIpc) is 2.91. The minimum atomic E-state index is -0.709. The van der Waals surface area contributed by atoms with E-state index < -0.39 is 5.97 Å². The van der Waals surface area contributed by atoms with Crippen LogP contribution in [0.1, 0.15) is 17.5 Å². The predicted molar refractivity (Wildman–Crippen MR) is 54.1 cm³/mol. The van der Waals surface area contributed by atoms with Gasteiger partial charge in [0.05, 0.1) is 5.92 Å². The van der Waals surface area contributed by atoms with Gasteiger partial charge in [-0.25, -0.2) is 4.39 Å². The molecule has 2 unspecified atom stereocenters. The summed E-state index contributed by atoms with van der Waals surface area (Å²) < 4.78 is 13.0. The fourth-order valence-electron chi connectivity index (χ4n) is 1.91. The fourth-order valence-corrected chi connectivity index (χ4v) is 1.91. The lowest BCUT2D eigenvalue weighted by molar-refractivity contribution is -0.138.